The number of ether oxygens (including phenoxy) is 1. The lowest BCUT2D eigenvalue weighted by Crippen LogP contribution is -2.19. The van der Waals surface area contributed by atoms with Crippen LogP contribution < -0.4 is 5.32 Å². The van der Waals surface area contributed by atoms with Gasteiger partial charge in [-0.25, -0.2) is 0 Å². The van der Waals surface area contributed by atoms with Crippen LogP contribution >= 0.6 is 0 Å². The topological polar surface area (TPSA) is 21.3 Å². The van der Waals surface area contributed by atoms with E-state index in [-0.39, 0.29) is 0 Å². The third-order valence-electron chi connectivity index (χ3n) is 2.90. The average Bonchev–Trinajstić information content (AvgIpc) is 2.45. The largest absolute Gasteiger partial charge is 0.370 e. The molecule has 0 radical (unpaired) electrons. The first-order valence-corrected chi connectivity index (χ1v) is 6.24. The molecule has 18 heavy (non-hydrogen) atoms. The van der Waals surface area contributed by atoms with Crippen molar-refractivity contribution in [2.75, 3.05) is 20.4 Å². The second-order valence-electron chi connectivity index (χ2n) is 4.25. The molecule has 0 amide bonds. The van der Waals surface area contributed by atoms with Crippen LogP contribution in [0, 0.1) is 0 Å². The molecule has 0 spiro atoms. The second-order valence-corrected chi connectivity index (χ2v) is 4.25. The van der Waals surface area contributed by atoms with Crippen molar-refractivity contribution in [1.82, 2.24) is 5.32 Å². The molecule has 0 atom stereocenters. The summed E-state index contributed by atoms with van der Waals surface area (Å²) < 4.78 is 4.95. The van der Waals surface area contributed by atoms with Gasteiger partial charge in [0.15, 0.2) is 0 Å². The minimum Gasteiger partial charge on any atom is -0.370 e. The zero-order valence-electron chi connectivity index (χ0n) is 10.7. The van der Waals surface area contributed by atoms with Crippen molar-refractivity contribution in [3.8, 4) is 11.1 Å². The highest BCUT2D eigenvalue weighted by molar-refractivity contribution is 5.63. The minimum atomic E-state index is 0.613. The Bertz CT molecular complexity index is 450. The summed E-state index contributed by atoms with van der Waals surface area (Å²) in [4.78, 5) is 0. The van der Waals surface area contributed by atoms with E-state index in [1.165, 1.54) is 16.7 Å². The third kappa shape index (κ3) is 3.69. The van der Waals surface area contributed by atoms with E-state index in [2.05, 4.69) is 53.8 Å². The lowest BCUT2D eigenvalue weighted by Gasteiger charge is -2.05. The van der Waals surface area contributed by atoms with Crippen molar-refractivity contribution in [1.29, 1.82) is 0 Å². The summed E-state index contributed by atoms with van der Waals surface area (Å²) in [6.45, 7) is 1.56. The van der Waals surface area contributed by atoms with Crippen molar-refractivity contribution >= 4 is 0 Å². The fourth-order valence-electron chi connectivity index (χ4n) is 1.90. The van der Waals surface area contributed by atoms with Crippen LogP contribution in [0.4, 0.5) is 0 Å². The first kappa shape index (κ1) is 12.8. The number of hydrogen-bond donors (Lipinski definition) is 1. The van der Waals surface area contributed by atoms with Gasteiger partial charge in [-0.05, 0) is 23.1 Å². The second kappa shape index (κ2) is 6.94. The molecule has 94 valence electrons. The van der Waals surface area contributed by atoms with Gasteiger partial charge in [0.25, 0.3) is 0 Å². The Labute approximate surface area is 109 Å². The molecule has 0 aliphatic carbocycles. The lowest BCUT2D eigenvalue weighted by atomic mass is 10.0. The predicted molar refractivity (Wildman–Crippen MR) is 75.5 cm³/mol. The van der Waals surface area contributed by atoms with Gasteiger partial charge < -0.3 is 4.74 Å². The first-order chi connectivity index (χ1) is 8.90. The molecule has 2 aromatic carbocycles. The van der Waals surface area contributed by atoms with E-state index in [9.17, 15) is 0 Å². The molecule has 0 saturated carbocycles. The molecule has 0 unspecified atom stereocenters. The van der Waals surface area contributed by atoms with E-state index < -0.39 is 0 Å². The highest BCUT2D eigenvalue weighted by Crippen LogP contribution is 2.19. The van der Waals surface area contributed by atoms with Gasteiger partial charge in [-0.15, -0.1) is 0 Å². The highest BCUT2D eigenvalue weighted by Gasteiger charge is 1.97. The summed E-state index contributed by atoms with van der Waals surface area (Å²) in [5, 5.41) is 3.21. The van der Waals surface area contributed by atoms with E-state index in [1.54, 1.807) is 7.11 Å². The Morgan fingerprint density at radius 1 is 0.889 bits per heavy atom. The Morgan fingerprint density at radius 3 is 2.22 bits per heavy atom. The molecular weight excluding hydrogens is 222 g/mol. The Balaban J connectivity index is 1.94. The molecule has 0 saturated heterocycles. The predicted octanol–water partition coefficient (Wildman–Crippen LogP) is 3.09. The summed E-state index contributed by atoms with van der Waals surface area (Å²) in [6, 6.07) is 19.2. The Morgan fingerprint density at radius 2 is 1.56 bits per heavy atom. The normalized spacial score (nSPS) is 10.5. The van der Waals surface area contributed by atoms with Crippen molar-refractivity contribution < 1.29 is 4.74 Å². The third-order valence-corrected chi connectivity index (χ3v) is 2.90. The maximum Gasteiger partial charge on any atom is 0.0961 e. The van der Waals surface area contributed by atoms with Crippen LogP contribution in [0.3, 0.4) is 0 Å². The van der Waals surface area contributed by atoms with Crippen LogP contribution in [0.2, 0.25) is 0 Å². The molecule has 1 N–H and O–H groups in total. The van der Waals surface area contributed by atoms with E-state index in [0.29, 0.717) is 6.73 Å². The molecule has 0 heterocycles. The van der Waals surface area contributed by atoms with Gasteiger partial charge in [0.1, 0.15) is 0 Å². The van der Waals surface area contributed by atoms with Gasteiger partial charge in [0, 0.05) is 13.7 Å². The Kier molecular flexibility index (Phi) is 4.94. The van der Waals surface area contributed by atoms with Gasteiger partial charge in [-0.1, -0.05) is 54.6 Å². The summed E-state index contributed by atoms with van der Waals surface area (Å²) >= 11 is 0. The number of hydrogen-bond acceptors (Lipinski definition) is 2. The van der Waals surface area contributed by atoms with Crippen molar-refractivity contribution in [3.05, 3.63) is 60.2 Å². The SMILES string of the molecule is COCNCCc1ccc(-c2ccccc2)cc1. The average molecular weight is 241 g/mol. The molecule has 2 heteroatoms. The van der Waals surface area contributed by atoms with Crippen molar-refractivity contribution in [3.63, 3.8) is 0 Å². The molecule has 0 aliphatic rings. The van der Waals surface area contributed by atoms with E-state index in [1.807, 2.05) is 6.07 Å². The number of rotatable bonds is 6. The van der Waals surface area contributed by atoms with Crippen molar-refractivity contribution in [2.45, 2.75) is 6.42 Å². The zero-order chi connectivity index (χ0) is 12.6. The van der Waals surface area contributed by atoms with Gasteiger partial charge >= 0.3 is 0 Å². The summed E-state index contributed by atoms with van der Waals surface area (Å²) in [6.07, 6.45) is 1.03. The fraction of sp³-hybridized carbons (Fsp3) is 0.250. The molecular formula is C16H19NO. The lowest BCUT2D eigenvalue weighted by molar-refractivity contribution is 0.176. The van der Waals surface area contributed by atoms with Gasteiger partial charge in [0.2, 0.25) is 0 Å². The highest BCUT2D eigenvalue weighted by atomic mass is 16.5. The van der Waals surface area contributed by atoms with Crippen LogP contribution in [0.5, 0.6) is 0 Å². The molecule has 0 fully saturated rings. The summed E-state index contributed by atoms with van der Waals surface area (Å²) in [7, 11) is 1.70. The number of methoxy groups -OCH3 is 1. The molecule has 0 bridgehead atoms. The molecule has 2 rings (SSSR count). The minimum absolute atomic E-state index is 0.613. The number of benzene rings is 2. The summed E-state index contributed by atoms with van der Waals surface area (Å²) in [5.74, 6) is 0. The molecule has 0 aromatic heterocycles. The monoisotopic (exact) mass is 241 g/mol. The van der Waals surface area contributed by atoms with Crippen molar-refractivity contribution in [2.24, 2.45) is 0 Å². The van der Waals surface area contributed by atoms with E-state index >= 15 is 0 Å². The van der Waals surface area contributed by atoms with Gasteiger partial charge in [-0.2, -0.15) is 0 Å². The van der Waals surface area contributed by atoms with Crippen LogP contribution in [0.1, 0.15) is 5.56 Å². The van der Waals surface area contributed by atoms with Crippen LogP contribution in [0.15, 0.2) is 54.6 Å². The zero-order valence-corrected chi connectivity index (χ0v) is 10.7. The first-order valence-electron chi connectivity index (χ1n) is 6.24. The van der Waals surface area contributed by atoms with Gasteiger partial charge in [-0.3, -0.25) is 5.32 Å². The van der Waals surface area contributed by atoms with Crippen LogP contribution in [0.25, 0.3) is 11.1 Å². The van der Waals surface area contributed by atoms with Gasteiger partial charge in [0.05, 0.1) is 6.73 Å². The fourth-order valence-corrected chi connectivity index (χ4v) is 1.90. The van der Waals surface area contributed by atoms with E-state index in [0.717, 1.165) is 13.0 Å². The van der Waals surface area contributed by atoms with Crippen LogP contribution in [-0.4, -0.2) is 20.4 Å². The molecule has 2 aromatic rings. The van der Waals surface area contributed by atoms with E-state index in [4.69, 9.17) is 4.74 Å². The quantitative estimate of drug-likeness (QED) is 0.620. The number of nitrogens with one attached hydrogen (secondary N) is 1. The summed E-state index contributed by atoms with van der Waals surface area (Å²) in [5.41, 5.74) is 3.88. The molecule has 2 nitrogen and oxygen atoms in total. The maximum absolute atomic E-state index is 4.95. The standard InChI is InChI=1S/C16H19NO/c1-18-13-17-12-11-14-7-9-16(10-8-14)15-5-3-2-4-6-15/h2-10,17H,11-13H2,1H3. The smallest absolute Gasteiger partial charge is 0.0961 e. The molecule has 0 aliphatic heterocycles. The Hall–Kier alpha value is -1.64. The van der Waals surface area contributed by atoms with Crippen LogP contribution in [-0.2, 0) is 11.2 Å². The maximum atomic E-state index is 4.95.